The van der Waals surface area contributed by atoms with E-state index < -0.39 is 0 Å². The molecule has 1 aromatic heterocycles. The first kappa shape index (κ1) is 16.3. The van der Waals surface area contributed by atoms with Gasteiger partial charge in [-0.15, -0.1) is 0 Å². The Balaban J connectivity index is 1.60. The Morgan fingerprint density at radius 1 is 1.30 bits per heavy atom. The second kappa shape index (κ2) is 6.91. The molecular formula is C17H28N4O2. The molecule has 128 valence electrons. The number of aryl methyl sites for hydroxylation is 1. The van der Waals surface area contributed by atoms with Crippen molar-refractivity contribution in [1.29, 1.82) is 0 Å². The molecule has 0 atom stereocenters. The molecule has 2 heterocycles. The molecule has 2 fully saturated rings. The Morgan fingerprint density at radius 3 is 2.78 bits per heavy atom. The van der Waals surface area contributed by atoms with Crippen molar-refractivity contribution in [3.63, 3.8) is 0 Å². The molecule has 6 nitrogen and oxygen atoms in total. The van der Waals surface area contributed by atoms with E-state index in [9.17, 15) is 4.79 Å². The summed E-state index contributed by atoms with van der Waals surface area (Å²) in [5.41, 5.74) is 0.485. The number of aromatic nitrogens is 2. The third kappa shape index (κ3) is 4.25. The zero-order valence-electron chi connectivity index (χ0n) is 14.5. The van der Waals surface area contributed by atoms with Gasteiger partial charge in [-0.3, -0.25) is 4.79 Å². The van der Waals surface area contributed by atoms with Crippen LogP contribution in [-0.2, 0) is 7.05 Å². The van der Waals surface area contributed by atoms with Gasteiger partial charge in [0.15, 0.2) is 5.69 Å². The third-order valence-electron chi connectivity index (χ3n) is 4.50. The van der Waals surface area contributed by atoms with Gasteiger partial charge in [-0.2, -0.15) is 5.10 Å². The van der Waals surface area contributed by atoms with E-state index in [1.54, 1.807) is 10.7 Å². The number of hydrogen-bond acceptors (Lipinski definition) is 4. The van der Waals surface area contributed by atoms with Crippen LogP contribution in [-0.4, -0.2) is 64.3 Å². The Morgan fingerprint density at radius 2 is 2.09 bits per heavy atom. The zero-order valence-corrected chi connectivity index (χ0v) is 14.5. The van der Waals surface area contributed by atoms with E-state index in [2.05, 4.69) is 10.00 Å². The predicted octanol–water partition coefficient (Wildman–Crippen LogP) is 1.77. The number of rotatable bonds is 5. The molecule has 0 N–H and O–H groups in total. The Labute approximate surface area is 138 Å². The maximum absolute atomic E-state index is 12.7. The normalized spacial score (nSPS) is 19.9. The fraction of sp³-hybridized carbons (Fsp3) is 0.765. The highest BCUT2D eigenvalue weighted by Gasteiger charge is 2.27. The number of hydrogen-bond donors (Lipinski definition) is 0. The third-order valence-corrected chi connectivity index (χ3v) is 4.50. The monoisotopic (exact) mass is 320 g/mol. The van der Waals surface area contributed by atoms with Crippen LogP contribution >= 0.6 is 0 Å². The van der Waals surface area contributed by atoms with Crippen molar-refractivity contribution >= 4 is 5.91 Å². The van der Waals surface area contributed by atoms with Crippen molar-refractivity contribution in [3.05, 3.63) is 11.8 Å². The predicted molar refractivity (Wildman–Crippen MR) is 88.7 cm³/mol. The molecule has 1 saturated carbocycles. The maximum atomic E-state index is 12.7. The first-order valence-electron chi connectivity index (χ1n) is 8.75. The highest BCUT2D eigenvalue weighted by molar-refractivity contribution is 5.92. The molecule has 1 aromatic rings. The van der Waals surface area contributed by atoms with Gasteiger partial charge in [-0.05, 0) is 45.6 Å². The molecule has 1 saturated heterocycles. The van der Waals surface area contributed by atoms with Gasteiger partial charge >= 0.3 is 0 Å². The van der Waals surface area contributed by atoms with Crippen molar-refractivity contribution in [2.24, 2.45) is 13.0 Å². The molecule has 1 aliphatic carbocycles. The molecule has 23 heavy (non-hydrogen) atoms. The zero-order chi connectivity index (χ0) is 16.4. The molecule has 0 unspecified atom stereocenters. The summed E-state index contributed by atoms with van der Waals surface area (Å²) in [7, 11) is 1.81. The summed E-state index contributed by atoms with van der Waals surface area (Å²) in [6, 6.07) is 1.76. The van der Waals surface area contributed by atoms with Crippen molar-refractivity contribution in [1.82, 2.24) is 19.6 Å². The maximum Gasteiger partial charge on any atom is 0.274 e. The average Bonchev–Trinajstić information content (AvgIpc) is 3.27. The smallest absolute Gasteiger partial charge is 0.274 e. The van der Waals surface area contributed by atoms with Gasteiger partial charge in [-0.25, -0.2) is 4.68 Å². The molecule has 1 amide bonds. The van der Waals surface area contributed by atoms with Crippen molar-refractivity contribution in [2.75, 3.05) is 32.7 Å². The molecule has 3 rings (SSSR count). The van der Waals surface area contributed by atoms with Crippen LogP contribution in [0.2, 0.25) is 0 Å². The highest BCUT2D eigenvalue weighted by atomic mass is 16.5. The number of ether oxygens (including phenoxy) is 1. The van der Waals surface area contributed by atoms with Crippen molar-refractivity contribution < 1.29 is 9.53 Å². The van der Waals surface area contributed by atoms with Crippen LogP contribution in [0.15, 0.2) is 6.07 Å². The van der Waals surface area contributed by atoms with Gasteiger partial charge in [0, 0.05) is 39.3 Å². The lowest BCUT2D eigenvalue weighted by atomic mass is 10.3. The van der Waals surface area contributed by atoms with E-state index >= 15 is 0 Å². The largest absolute Gasteiger partial charge is 0.475 e. The summed E-state index contributed by atoms with van der Waals surface area (Å²) in [5.74, 6) is 1.57. The first-order chi connectivity index (χ1) is 11.0. The summed E-state index contributed by atoms with van der Waals surface area (Å²) in [6.45, 7) is 8.83. The molecular weight excluding hydrogens is 292 g/mol. The van der Waals surface area contributed by atoms with Gasteiger partial charge < -0.3 is 14.5 Å². The Bertz CT molecular complexity index is 551. The van der Waals surface area contributed by atoms with Crippen LogP contribution in [0.5, 0.6) is 5.88 Å². The lowest BCUT2D eigenvalue weighted by Crippen LogP contribution is -2.36. The van der Waals surface area contributed by atoms with E-state index in [0.717, 1.165) is 38.5 Å². The molecule has 1 aliphatic heterocycles. The van der Waals surface area contributed by atoms with Crippen LogP contribution in [0.4, 0.5) is 0 Å². The Hall–Kier alpha value is -1.56. The standard InChI is InChI=1S/C17H28N4O2/c1-13(2)23-16-11-15(18-19(16)3)17(22)21-8-4-7-20(9-10-21)12-14-5-6-14/h11,13-14H,4-10,12H2,1-3H3. The van der Waals surface area contributed by atoms with Gasteiger partial charge in [0.1, 0.15) is 0 Å². The quantitative estimate of drug-likeness (QED) is 0.829. The van der Waals surface area contributed by atoms with Crippen LogP contribution in [0.3, 0.4) is 0 Å². The highest BCUT2D eigenvalue weighted by Crippen LogP contribution is 2.30. The van der Waals surface area contributed by atoms with Gasteiger partial charge in [0.05, 0.1) is 6.10 Å². The molecule has 0 bridgehead atoms. The number of nitrogens with zero attached hydrogens (tertiary/aromatic N) is 4. The average molecular weight is 320 g/mol. The number of carbonyl (C=O) groups is 1. The Kier molecular flexibility index (Phi) is 4.90. The van der Waals surface area contributed by atoms with Gasteiger partial charge in [0.25, 0.3) is 5.91 Å². The van der Waals surface area contributed by atoms with Crippen LogP contribution in [0, 0.1) is 5.92 Å². The van der Waals surface area contributed by atoms with Crippen LogP contribution in [0.1, 0.15) is 43.6 Å². The molecule has 0 spiro atoms. The fourth-order valence-corrected chi connectivity index (χ4v) is 3.09. The molecule has 6 heteroatoms. The van der Waals surface area contributed by atoms with Crippen molar-refractivity contribution in [3.8, 4) is 5.88 Å². The van der Waals surface area contributed by atoms with E-state index in [-0.39, 0.29) is 12.0 Å². The number of amides is 1. The minimum Gasteiger partial charge on any atom is -0.475 e. The molecule has 2 aliphatic rings. The van der Waals surface area contributed by atoms with Gasteiger partial charge in [0.2, 0.25) is 5.88 Å². The fourth-order valence-electron chi connectivity index (χ4n) is 3.09. The minimum atomic E-state index is 0.0208. The first-order valence-corrected chi connectivity index (χ1v) is 8.75. The SMILES string of the molecule is CC(C)Oc1cc(C(=O)N2CCCN(CC3CC3)CC2)nn1C. The lowest BCUT2D eigenvalue weighted by Gasteiger charge is -2.21. The van der Waals surface area contributed by atoms with E-state index in [1.807, 2.05) is 25.8 Å². The summed E-state index contributed by atoms with van der Waals surface area (Å²) in [5, 5.41) is 4.33. The molecule has 0 radical (unpaired) electrons. The van der Waals surface area contributed by atoms with Crippen molar-refractivity contribution in [2.45, 2.75) is 39.2 Å². The topological polar surface area (TPSA) is 50.6 Å². The molecule has 0 aromatic carbocycles. The van der Waals surface area contributed by atoms with Crippen LogP contribution in [0.25, 0.3) is 0 Å². The van der Waals surface area contributed by atoms with E-state index in [1.165, 1.54) is 19.4 Å². The van der Waals surface area contributed by atoms with E-state index in [0.29, 0.717) is 11.6 Å². The second-order valence-electron chi connectivity index (χ2n) is 7.05. The summed E-state index contributed by atoms with van der Waals surface area (Å²) < 4.78 is 7.32. The summed E-state index contributed by atoms with van der Waals surface area (Å²) in [6.07, 6.45) is 3.88. The summed E-state index contributed by atoms with van der Waals surface area (Å²) in [4.78, 5) is 17.2. The summed E-state index contributed by atoms with van der Waals surface area (Å²) >= 11 is 0. The second-order valence-corrected chi connectivity index (χ2v) is 7.05. The number of carbonyl (C=O) groups excluding carboxylic acids is 1. The van der Waals surface area contributed by atoms with Gasteiger partial charge in [-0.1, -0.05) is 0 Å². The van der Waals surface area contributed by atoms with Crippen LogP contribution < -0.4 is 4.74 Å². The lowest BCUT2D eigenvalue weighted by molar-refractivity contribution is 0.0754. The van der Waals surface area contributed by atoms with E-state index in [4.69, 9.17) is 4.74 Å². The minimum absolute atomic E-state index is 0.0208.